The van der Waals surface area contributed by atoms with Crippen molar-refractivity contribution in [2.24, 2.45) is 5.92 Å². The highest BCUT2D eigenvalue weighted by atomic mass is 16.3. The molecule has 1 unspecified atom stereocenters. The zero-order chi connectivity index (χ0) is 14.1. The maximum atomic E-state index is 12.6. The Hall–Kier alpha value is -1.10. The van der Waals surface area contributed by atoms with Crippen LogP contribution < -0.4 is 0 Å². The Labute approximate surface area is 119 Å². The number of aliphatic hydroxyl groups excluding tert-OH is 1. The van der Waals surface area contributed by atoms with E-state index in [0.29, 0.717) is 19.0 Å². The van der Waals surface area contributed by atoms with Gasteiger partial charge in [0.25, 0.3) is 0 Å². The minimum absolute atomic E-state index is 0.0295. The highest BCUT2D eigenvalue weighted by molar-refractivity contribution is 5.89. The molecule has 1 aliphatic carbocycles. The van der Waals surface area contributed by atoms with E-state index in [9.17, 15) is 14.7 Å². The Morgan fingerprint density at radius 1 is 1.20 bits per heavy atom. The van der Waals surface area contributed by atoms with E-state index < -0.39 is 0 Å². The van der Waals surface area contributed by atoms with Gasteiger partial charge in [-0.25, -0.2) is 0 Å². The fourth-order valence-corrected chi connectivity index (χ4v) is 4.02. The summed E-state index contributed by atoms with van der Waals surface area (Å²) in [7, 11) is 0. The lowest BCUT2D eigenvalue weighted by atomic mass is 10.1. The van der Waals surface area contributed by atoms with Gasteiger partial charge in [-0.3, -0.25) is 9.59 Å². The SMILES string of the molecule is O=C1CC(C(=O)N2CCC[C@H]2CO)CN1C1CCCC1. The second-order valence-corrected chi connectivity index (χ2v) is 6.40. The van der Waals surface area contributed by atoms with Crippen LogP contribution in [0.1, 0.15) is 44.9 Å². The number of likely N-dealkylation sites (tertiary alicyclic amines) is 2. The number of hydrogen-bond donors (Lipinski definition) is 1. The predicted octanol–water partition coefficient (Wildman–Crippen LogP) is 0.761. The lowest BCUT2D eigenvalue weighted by Gasteiger charge is -2.27. The van der Waals surface area contributed by atoms with E-state index >= 15 is 0 Å². The first-order valence-corrected chi connectivity index (χ1v) is 7.91. The fourth-order valence-electron chi connectivity index (χ4n) is 4.02. The highest BCUT2D eigenvalue weighted by Gasteiger charge is 2.42. The standard InChI is InChI=1S/C15H24N2O3/c18-10-13-6-3-7-16(13)15(20)11-8-14(19)17(9-11)12-4-1-2-5-12/h11-13,18H,1-10H2/t11?,13-/m0/s1. The third kappa shape index (κ3) is 2.43. The number of nitrogens with zero attached hydrogens (tertiary/aromatic N) is 2. The fraction of sp³-hybridized carbons (Fsp3) is 0.867. The van der Waals surface area contributed by atoms with Crippen LogP contribution >= 0.6 is 0 Å². The van der Waals surface area contributed by atoms with Crippen LogP contribution in [0.2, 0.25) is 0 Å². The molecule has 20 heavy (non-hydrogen) atoms. The molecule has 1 N–H and O–H groups in total. The lowest BCUT2D eigenvalue weighted by molar-refractivity contribution is -0.137. The molecule has 0 bridgehead atoms. The Morgan fingerprint density at radius 2 is 1.95 bits per heavy atom. The molecule has 2 heterocycles. The van der Waals surface area contributed by atoms with Gasteiger partial charge in [-0.15, -0.1) is 0 Å². The number of rotatable bonds is 3. The maximum Gasteiger partial charge on any atom is 0.228 e. The first-order chi connectivity index (χ1) is 9.70. The molecular formula is C15H24N2O3. The predicted molar refractivity (Wildman–Crippen MR) is 73.9 cm³/mol. The Kier molecular flexibility index (Phi) is 3.96. The lowest BCUT2D eigenvalue weighted by Crippen LogP contribution is -2.42. The number of hydrogen-bond acceptors (Lipinski definition) is 3. The van der Waals surface area contributed by atoms with Crippen molar-refractivity contribution in [3.8, 4) is 0 Å². The summed E-state index contributed by atoms with van der Waals surface area (Å²) in [6.07, 6.45) is 6.80. The monoisotopic (exact) mass is 280 g/mol. The molecule has 0 spiro atoms. The van der Waals surface area contributed by atoms with Crippen molar-refractivity contribution in [2.75, 3.05) is 19.7 Å². The van der Waals surface area contributed by atoms with Gasteiger partial charge in [0.1, 0.15) is 0 Å². The Balaban J connectivity index is 1.63. The largest absolute Gasteiger partial charge is 0.394 e. The third-order valence-electron chi connectivity index (χ3n) is 5.14. The summed E-state index contributed by atoms with van der Waals surface area (Å²) in [5, 5.41) is 9.33. The topological polar surface area (TPSA) is 60.9 Å². The van der Waals surface area contributed by atoms with E-state index in [4.69, 9.17) is 0 Å². The van der Waals surface area contributed by atoms with Crippen molar-refractivity contribution in [2.45, 2.75) is 57.0 Å². The number of amides is 2. The summed E-state index contributed by atoms with van der Waals surface area (Å²) >= 11 is 0. The van der Waals surface area contributed by atoms with E-state index in [1.54, 1.807) is 4.90 Å². The Morgan fingerprint density at radius 3 is 2.65 bits per heavy atom. The third-order valence-corrected chi connectivity index (χ3v) is 5.14. The van der Waals surface area contributed by atoms with Crippen LogP contribution in [-0.4, -0.2) is 58.5 Å². The van der Waals surface area contributed by atoms with E-state index in [-0.39, 0.29) is 30.4 Å². The van der Waals surface area contributed by atoms with E-state index in [1.165, 1.54) is 12.8 Å². The van der Waals surface area contributed by atoms with Gasteiger partial charge in [-0.05, 0) is 25.7 Å². The summed E-state index contributed by atoms with van der Waals surface area (Å²) < 4.78 is 0. The average Bonchev–Trinajstić information content (AvgIpc) is 3.17. The highest BCUT2D eigenvalue weighted by Crippen LogP contribution is 2.31. The van der Waals surface area contributed by atoms with Crippen LogP contribution in [0.4, 0.5) is 0 Å². The molecule has 3 fully saturated rings. The molecule has 2 amide bonds. The van der Waals surface area contributed by atoms with Crippen LogP contribution in [0.25, 0.3) is 0 Å². The van der Waals surface area contributed by atoms with Crippen molar-refractivity contribution in [3.63, 3.8) is 0 Å². The summed E-state index contributed by atoms with van der Waals surface area (Å²) in [6.45, 7) is 1.37. The molecule has 2 atom stereocenters. The van der Waals surface area contributed by atoms with E-state index in [2.05, 4.69) is 0 Å². The first kappa shape index (κ1) is 13.9. The number of aliphatic hydroxyl groups is 1. The minimum Gasteiger partial charge on any atom is -0.394 e. The normalized spacial score (nSPS) is 31.6. The quantitative estimate of drug-likeness (QED) is 0.830. The zero-order valence-electron chi connectivity index (χ0n) is 12.0. The molecule has 2 saturated heterocycles. The Bertz CT molecular complexity index is 393. The summed E-state index contributed by atoms with van der Waals surface area (Å²) in [5.41, 5.74) is 0. The molecule has 0 aromatic carbocycles. The van der Waals surface area contributed by atoms with Crippen molar-refractivity contribution in [1.82, 2.24) is 9.80 Å². The van der Waals surface area contributed by atoms with Gasteiger partial charge in [0.2, 0.25) is 11.8 Å². The van der Waals surface area contributed by atoms with Gasteiger partial charge in [0, 0.05) is 25.6 Å². The van der Waals surface area contributed by atoms with Gasteiger partial charge in [0.05, 0.1) is 18.6 Å². The summed E-state index contributed by atoms with van der Waals surface area (Å²) in [4.78, 5) is 28.5. The molecule has 0 aromatic heterocycles. The summed E-state index contributed by atoms with van der Waals surface area (Å²) in [6, 6.07) is 0.339. The molecule has 1 saturated carbocycles. The second-order valence-electron chi connectivity index (χ2n) is 6.40. The first-order valence-electron chi connectivity index (χ1n) is 7.91. The zero-order valence-corrected chi connectivity index (χ0v) is 12.0. The smallest absolute Gasteiger partial charge is 0.228 e. The minimum atomic E-state index is -0.185. The maximum absolute atomic E-state index is 12.6. The van der Waals surface area contributed by atoms with Gasteiger partial charge >= 0.3 is 0 Å². The van der Waals surface area contributed by atoms with E-state index in [1.807, 2.05) is 4.90 Å². The van der Waals surface area contributed by atoms with Crippen molar-refractivity contribution >= 4 is 11.8 Å². The van der Waals surface area contributed by atoms with E-state index in [0.717, 1.165) is 32.2 Å². The molecule has 0 radical (unpaired) electrons. The van der Waals surface area contributed by atoms with Gasteiger partial charge in [-0.2, -0.15) is 0 Å². The summed E-state index contributed by atoms with van der Waals surface area (Å²) in [5.74, 6) is 0.0423. The van der Waals surface area contributed by atoms with Crippen LogP contribution in [0.15, 0.2) is 0 Å². The van der Waals surface area contributed by atoms with Crippen LogP contribution in [0, 0.1) is 5.92 Å². The molecule has 5 heteroatoms. The average molecular weight is 280 g/mol. The van der Waals surface area contributed by atoms with Crippen molar-refractivity contribution in [3.05, 3.63) is 0 Å². The van der Waals surface area contributed by atoms with Gasteiger partial charge in [0.15, 0.2) is 0 Å². The van der Waals surface area contributed by atoms with Gasteiger partial charge in [-0.1, -0.05) is 12.8 Å². The van der Waals surface area contributed by atoms with Gasteiger partial charge < -0.3 is 14.9 Å². The molecule has 5 nitrogen and oxygen atoms in total. The molecular weight excluding hydrogens is 256 g/mol. The number of carbonyl (C=O) groups excluding carboxylic acids is 2. The van der Waals surface area contributed by atoms with Crippen molar-refractivity contribution in [1.29, 1.82) is 0 Å². The number of carbonyl (C=O) groups is 2. The molecule has 3 rings (SSSR count). The molecule has 2 aliphatic heterocycles. The van der Waals surface area contributed by atoms with Crippen molar-refractivity contribution < 1.29 is 14.7 Å². The molecule has 112 valence electrons. The molecule has 3 aliphatic rings. The molecule has 0 aromatic rings. The van der Waals surface area contributed by atoms with Crippen LogP contribution in [0.5, 0.6) is 0 Å². The van der Waals surface area contributed by atoms with Crippen LogP contribution in [0.3, 0.4) is 0 Å². The second kappa shape index (κ2) is 5.72. The van der Waals surface area contributed by atoms with Crippen LogP contribution in [-0.2, 0) is 9.59 Å².